The highest BCUT2D eigenvalue weighted by atomic mass is 35.5. The number of hydrogen-bond donors (Lipinski definition) is 4. The van der Waals surface area contributed by atoms with Gasteiger partial charge in [0.1, 0.15) is 5.25 Å². The van der Waals surface area contributed by atoms with Crippen molar-refractivity contribution in [2.24, 2.45) is 0 Å². The highest BCUT2D eigenvalue weighted by Gasteiger charge is 2.35. The molecule has 0 spiro atoms. The van der Waals surface area contributed by atoms with Crippen LogP contribution in [0.1, 0.15) is 29.0 Å². The largest absolute Gasteiger partial charge is 0.480 e. The van der Waals surface area contributed by atoms with Crippen molar-refractivity contribution in [3.8, 4) is 11.1 Å². The fraction of sp³-hybridized carbons (Fsp3) is 0.276. The van der Waals surface area contributed by atoms with Gasteiger partial charge in [-0.25, -0.2) is 0 Å². The first-order chi connectivity index (χ1) is 19.2. The van der Waals surface area contributed by atoms with Crippen molar-refractivity contribution in [2.45, 2.75) is 42.8 Å². The van der Waals surface area contributed by atoms with Gasteiger partial charge in [0, 0.05) is 35.1 Å². The van der Waals surface area contributed by atoms with Crippen LogP contribution in [0.4, 0.5) is 32.0 Å². The van der Waals surface area contributed by atoms with Crippen LogP contribution in [0.3, 0.4) is 0 Å². The van der Waals surface area contributed by atoms with E-state index in [1.165, 1.54) is 24.3 Å². The molecule has 1 unspecified atom stereocenters. The van der Waals surface area contributed by atoms with Gasteiger partial charge in [0.05, 0.1) is 23.6 Å². The number of fused-ring (bicyclic) bond motifs is 1. The molecule has 3 aromatic carbocycles. The third kappa shape index (κ3) is 8.13. The van der Waals surface area contributed by atoms with Gasteiger partial charge >= 0.3 is 18.3 Å². The van der Waals surface area contributed by atoms with E-state index < -0.39 is 42.3 Å². The number of hydrogen-bond acceptors (Lipinski definition) is 3. The average Bonchev–Trinajstić information content (AvgIpc) is 3.30. The zero-order valence-electron chi connectivity index (χ0n) is 21.3. The summed E-state index contributed by atoms with van der Waals surface area (Å²) in [7, 11) is 0. The van der Waals surface area contributed by atoms with Gasteiger partial charge in [0.2, 0.25) is 0 Å². The third-order valence-electron chi connectivity index (χ3n) is 6.60. The summed E-state index contributed by atoms with van der Waals surface area (Å²) < 4.78 is 81.2. The molecule has 2 atom stereocenters. The number of thiol groups is 1. The molecule has 1 heterocycles. The number of carboxylic acids is 1. The molecule has 218 valence electrons. The minimum absolute atomic E-state index is 0.0572. The first-order valence-corrected chi connectivity index (χ1v) is 13.4. The number of para-hydroxylation sites is 1. The highest BCUT2D eigenvalue weighted by molar-refractivity contribution is 7.81. The predicted octanol–water partition coefficient (Wildman–Crippen LogP) is 8.67. The van der Waals surface area contributed by atoms with E-state index in [2.05, 4.69) is 22.9 Å². The second kappa shape index (κ2) is 12.3. The van der Waals surface area contributed by atoms with Crippen molar-refractivity contribution in [2.75, 3.05) is 11.9 Å². The molecule has 1 aromatic heterocycles. The number of alkyl halides is 6. The van der Waals surface area contributed by atoms with Gasteiger partial charge in [-0.1, -0.05) is 54.1 Å². The molecule has 0 aliphatic carbocycles. The summed E-state index contributed by atoms with van der Waals surface area (Å²) in [5, 5.41) is 12.0. The van der Waals surface area contributed by atoms with Crippen molar-refractivity contribution in [3.63, 3.8) is 0 Å². The molecular formula is C29H25ClF6N2O2S. The average molecular weight is 615 g/mol. The number of aliphatic carboxylic acids is 1. The lowest BCUT2D eigenvalue weighted by molar-refractivity contribution is -0.138. The van der Waals surface area contributed by atoms with Crippen LogP contribution in [-0.2, 0) is 17.6 Å². The van der Waals surface area contributed by atoms with E-state index in [1.807, 2.05) is 0 Å². The number of nitrogens with one attached hydrogen (secondary N) is 2. The standard InChI is InChI=1S/C29H25ClF6N2O2S/c30-23-8-6-16(11-26(41)27(39)40)10-25(23)37-14-18(13-29(34,35)36)19-7-5-17(12-28(31,32)33)9-21(19)22-15-38-24-4-2-1-3-20(22)24/h1-10,15,18,26,37-38,41H,11-14H2,(H,39,40)/t18?,26-/m0/s1. The van der Waals surface area contributed by atoms with Gasteiger partial charge in [-0.3, -0.25) is 4.79 Å². The van der Waals surface area contributed by atoms with Crippen molar-refractivity contribution in [1.82, 2.24) is 4.98 Å². The number of aromatic amines is 1. The molecule has 0 bridgehead atoms. The van der Waals surface area contributed by atoms with Gasteiger partial charge in [-0.15, -0.1) is 0 Å². The number of carboxylic acid groups (broad SMARTS) is 1. The Labute approximate surface area is 242 Å². The maximum atomic E-state index is 13.8. The molecule has 0 aliphatic rings. The summed E-state index contributed by atoms with van der Waals surface area (Å²) >= 11 is 10.3. The summed E-state index contributed by atoms with van der Waals surface area (Å²) in [6, 6.07) is 15.5. The highest BCUT2D eigenvalue weighted by Crippen LogP contribution is 2.40. The van der Waals surface area contributed by atoms with Crippen molar-refractivity contribution in [1.29, 1.82) is 0 Å². The van der Waals surface area contributed by atoms with E-state index in [0.717, 1.165) is 0 Å². The summed E-state index contributed by atoms with van der Waals surface area (Å²) in [5.41, 5.74) is 2.44. The van der Waals surface area contributed by atoms with E-state index in [0.29, 0.717) is 27.7 Å². The Morgan fingerprint density at radius 1 is 0.951 bits per heavy atom. The minimum Gasteiger partial charge on any atom is -0.480 e. The molecule has 12 heteroatoms. The quantitative estimate of drug-likeness (QED) is 0.107. The summed E-state index contributed by atoms with van der Waals surface area (Å²) in [4.78, 5) is 14.2. The minimum atomic E-state index is -4.58. The Hall–Kier alpha value is -3.31. The topological polar surface area (TPSA) is 65.1 Å². The molecular weight excluding hydrogens is 590 g/mol. The molecule has 0 amide bonds. The van der Waals surface area contributed by atoms with Crippen molar-refractivity contribution >= 4 is 46.8 Å². The smallest absolute Gasteiger partial charge is 0.393 e. The lowest BCUT2D eigenvalue weighted by atomic mass is 9.86. The molecule has 0 saturated heterocycles. The second-order valence-electron chi connectivity index (χ2n) is 9.73. The molecule has 3 N–H and O–H groups in total. The Morgan fingerprint density at radius 3 is 2.34 bits per heavy atom. The first kappa shape index (κ1) is 30.6. The van der Waals surface area contributed by atoms with Crippen LogP contribution in [0, 0.1) is 0 Å². The summed E-state index contributed by atoms with van der Waals surface area (Å²) in [6.07, 6.45) is -9.92. The van der Waals surface area contributed by atoms with E-state index in [9.17, 15) is 31.1 Å². The maximum absolute atomic E-state index is 13.8. The summed E-state index contributed by atoms with van der Waals surface area (Å²) in [6.45, 7) is -0.250. The maximum Gasteiger partial charge on any atom is 0.393 e. The Kier molecular flexibility index (Phi) is 9.18. The van der Waals surface area contributed by atoms with Gasteiger partial charge in [0.25, 0.3) is 0 Å². The molecule has 4 nitrogen and oxygen atoms in total. The predicted molar refractivity (Wildman–Crippen MR) is 151 cm³/mol. The van der Waals surface area contributed by atoms with E-state index >= 15 is 0 Å². The first-order valence-electron chi connectivity index (χ1n) is 12.5. The van der Waals surface area contributed by atoms with Crippen LogP contribution in [0.15, 0.2) is 66.9 Å². The fourth-order valence-electron chi connectivity index (χ4n) is 4.78. The van der Waals surface area contributed by atoms with Crippen LogP contribution in [0.2, 0.25) is 5.02 Å². The summed E-state index contributed by atoms with van der Waals surface area (Å²) in [5.74, 6) is -2.32. The lowest BCUT2D eigenvalue weighted by Crippen LogP contribution is -2.22. The second-order valence-corrected chi connectivity index (χ2v) is 10.8. The molecule has 4 aromatic rings. The molecule has 0 saturated carbocycles. The number of H-pyrrole nitrogens is 1. The monoisotopic (exact) mass is 614 g/mol. The number of benzene rings is 3. The van der Waals surface area contributed by atoms with Gasteiger partial charge in [0.15, 0.2) is 0 Å². The van der Waals surface area contributed by atoms with Crippen LogP contribution >= 0.6 is 24.2 Å². The molecule has 41 heavy (non-hydrogen) atoms. The Balaban J connectivity index is 1.75. The van der Waals surface area contributed by atoms with Crippen LogP contribution in [0.25, 0.3) is 22.0 Å². The van der Waals surface area contributed by atoms with Gasteiger partial charge in [-0.05, 0) is 46.9 Å². The molecule has 0 aliphatic heterocycles. The SMILES string of the molecule is O=C(O)[C@@H](S)Cc1ccc(Cl)c(NCC(CC(F)(F)F)c2ccc(CC(F)(F)F)cc2-c2c[nH]c3ccccc23)c1. The molecule has 4 rings (SSSR count). The zero-order chi connectivity index (χ0) is 29.9. The lowest BCUT2D eigenvalue weighted by Gasteiger charge is -2.24. The Morgan fingerprint density at radius 2 is 1.66 bits per heavy atom. The number of halogens is 7. The number of rotatable bonds is 10. The van der Waals surface area contributed by atoms with Crippen molar-refractivity contribution < 1.29 is 36.2 Å². The van der Waals surface area contributed by atoms with Crippen LogP contribution in [-0.4, -0.2) is 40.2 Å². The third-order valence-corrected chi connectivity index (χ3v) is 7.34. The molecule has 0 radical (unpaired) electrons. The number of anilines is 1. The zero-order valence-corrected chi connectivity index (χ0v) is 22.9. The van der Waals surface area contributed by atoms with E-state index in [4.69, 9.17) is 16.7 Å². The Bertz CT molecular complexity index is 1540. The van der Waals surface area contributed by atoms with Gasteiger partial charge < -0.3 is 15.4 Å². The number of aromatic nitrogens is 1. The fourth-order valence-corrected chi connectivity index (χ4v) is 5.17. The number of carbonyl (C=O) groups is 1. The molecule has 0 fully saturated rings. The van der Waals surface area contributed by atoms with E-state index in [1.54, 1.807) is 42.6 Å². The normalized spacial score (nSPS) is 13.8. The van der Waals surface area contributed by atoms with Crippen molar-refractivity contribution in [3.05, 3.63) is 88.6 Å². The van der Waals surface area contributed by atoms with Gasteiger partial charge in [-0.2, -0.15) is 39.0 Å². The van der Waals surface area contributed by atoms with Crippen LogP contribution < -0.4 is 5.32 Å². The van der Waals surface area contributed by atoms with Crippen LogP contribution in [0.5, 0.6) is 0 Å². The van der Waals surface area contributed by atoms with E-state index in [-0.39, 0.29) is 34.7 Å².